The number of ketones is 1. The number of halogens is 3. The monoisotopic (exact) mass is 484 g/mol. The van der Waals surface area contributed by atoms with Crippen LogP contribution in [0.1, 0.15) is 10.4 Å². The molecule has 0 spiro atoms. The molecule has 0 aliphatic rings. The predicted molar refractivity (Wildman–Crippen MR) is 116 cm³/mol. The minimum atomic E-state index is -1.55. The van der Waals surface area contributed by atoms with Crippen LogP contribution >= 0.6 is 0 Å². The molecule has 0 aliphatic carbocycles. The molecule has 0 fully saturated rings. The Balaban J connectivity index is 1.63. The van der Waals surface area contributed by atoms with E-state index in [0.29, 0.717) is 34.5 Å². The summed E-state index contributed by atoms with van der Waals surface area (Å²) in [4.78, 5) is 36.1. The zero-order valence-corrected chi connectivity index (χ0v) is 18.1. The molecule has 4 rings (SSSR count). The molecular formula is C23H15F3N4O5. The van der Waals surface area contributed by atoms with Crippen molar-refractivity contribution in [2.75, 3.05) is 19.5 Å². The average Bonchev–Trinajstić information content (AvgIpc) is 2.84. The maximum Gasteiger partial charge on any atom is 0.297 e. The Morgan fingerprint density at radius 1 is 0.914 bits per heavy atom. The lowest BCUT2D eigenvalue weighted by Gasteiger charge is -2.12. The van der Waals surface area contributed by atoms with E-state index in [1.807, 2.05) is 5.32 Å². The summed E-state index contributed by atoms with van der Waals surface area (Å²) in [7, 11) is 2.87. The third kappa shape index (κ3) is 4.67. The molecule has 1 N–H and O–H groups in total. The molecule has 2 heterocycles. The third-order valence-electron chi connectivity index (χ3n) is 4.79. The lowest BCUT2D eigenvalue weighted by molar-refractivity contribution is -0.112. The van der Waals surface area contributed by atoms with E-state index in [1.54, 1.807) is 6.07 Å². The highest BCUT2D eigenvalue weighted by molar-refractivity contribution is 6.46. The van der Waals surface area contributed by atoms with Crippen molar-refractivity contribution in [3.63, 3.8) is 0 Å². The highest BCUT2D eigenvalue weighted by Crippen LogP contribution is 2.36. The molecule has 2 aromatic heterocycles. The average molecular weight is 484 g/mol. The molecule has 12 heteroatoms. The summed E-state index contributed by atoms with van der Waals surface area (Å²) in [5, 5.41) is 2.30. The summed E-state index contributed by atoms with van der Waals surface area (Å²) >= 11 is 0. The standard InChI is InChI=1S/C23H15F3N4O5/c1-33-18-7-12-17(8-19(18)34-2)28-10-29-23(12)35-11-5-13(24)20(14(25)6-11)21(31)22(32)30-16-3-4-27-9-15(16)26/h3-10H,1-2H3,(H,27,30,32). The summed E-state index contributed by atoms with van der Waals surface area (Å²) < 4.78 is 59.1. The van der Waals surface area contributed by atoms with Gasteiger partial charge in [0.1, 0.15) is 23.7 Å². The topological polar surface area (TPSA) is 113 Å². The second-order valence-corrected chi connectivity index (χ2v) is 6.91. The van der Waals surface area contributed by atoms with E-state index in [4.69, 9.17) is 14.2 Å². The first-order valence-corrected chi connectivity index (χ1v) is 9.81. The molecule has 0 radical (unpaired) electrons. The second-order valence-electron chi connectivity index (χ2n) is 6.91. The minimum absolute atomic E-state index is 0.0558. The van der Waals surface area contributed by atoms with Crippen LogP contribution in [-0.4, -0.2) is 40.9 Å². The number of benzene rings is 2. The van der Waals surface area contributed by atoms with Crippen LogP contribution < -0.4 is 19.5 Å². The van der Waals surface area contributed by atoms with E-state index >= 15 is 0 Å². The van der Waals surface area contributed by atoms with Gasteiger partial charge >= 0.3 is 0 Å². The summed E-state index contributed by atoms with van der Waals surface area (Å²) in [6, 6.07) is 5.60. The Kier molecular flexibility index (Phi) is 6.44. The lowest BCUT2D eigenvalue weighted by Crippen LogP contribution is -2.25. The molecule has 2 aromatic carbocycles. The van der Waals surface area contributed by atoms with Crippen LogP contribution in [-0.2, 0) is 4.79 Å². The molecule has 0 saturated heterocycles. The largest absolute Gasteiger partial charge is 0.493 e. The number of hydrogen-bond acceptors (Lipinski definition) is 8. The number of aromatic nitrogens is 3. The van der Waals surface area contributed by atoms with Crippen LogP contribution in [0.25, 0.3) is 10.9 Å². The van der Waals surface area contributed by atoms with Crippen LogP contribution in [0, 0.1) is 17.5 Å². The number of amides is 1. The quantitative estimate of drug-likeness (QED) is 0.309. The number of Topliss-reactive ketones (excluding diaryl/α,β-unsaturated/α-hetero) is 1. The number of methoxy groups -OCH3 is 2. The van der Waals surface area contributed by atoms with Gasteiger partial charge in [0.2, 0.25) is 5.88 Å². The zero-order chi connectivity index (χ0) is 25.1. The van der Waals surface area contributed by atoms with E-state index in [0.717, 1.165) is 12.3 Å². The number of carbonyl (C=O) groups is 2. The molecular weight excluding hydrogens is 469 g/mol. The number of rotatable bonds is 7. The van der Waals surface area contributed by atoms with E-state index in [9.17, 15) is 22.8 Å². The number of carbonyl (C=O) groups excluding carboxylic acids is 2. The van der Waals surface area contributed by atoms with Gasteiger partial charge in [-0.25, -0.2) is 23.1 Å². The van der Waals surface area contributed by atoms with Gasteiger partial charge in [-0.3, -0.25) is 14.6 Å². The van der Waals surface area contributed by atoms with Crippen molar-refractivity contribution < 1.29 is 37.0 Å². The molecule has 0 atom stereocenters. The fraction of sp³-hybridized carbons (Fsp3) is 0.0870. The van der Waals surface area contributed by atoms with E-state index in [-0.39, 0.29) is 17.3 Å². The highest BCUT2D eigenvalue weighted by Gasteiger charge is 2.26. The van der Waals surface area contributed by atoms with Crippen LogP contribution in [0.4, 0.5) is 18.9 Å². The van der Waals surface area contributed by atoms with E-state index < -0.39 is 34.7 Å². The van der Waals surface area contributed by atoms with Gasteiger partial charge in [0.25, 0.3) is 11.7 Å². The SMILES string of the molecule is COc1cc2ncnc(Oc3cc(F)c(C(=O)C(=O)Nc4ccncc4F)c(F)c3)c2cc1OC. The van der Waals surface area contributed by atoms with Crippen LogP contribution in [0.15, 0.2) is 49.1 Å². The van der Waals surface area contributed by atoms with Gasteiger partial charge in [-0.2, -0.15) is 0 Å². The molecule has 0 aliphatic heterocycles. The van der Waals surface area contributed by atoms with Gasteiger partial charge in [-0.1, -0.05) is 0 Å². The van der Waals surface area contributed by atoms with Crippen molar-refractivity contribution in [3.8, 4) is 23.1 Å². The minimum Gasteiger partial charge on any atom is -0.493 e. The van der Waals surface area contributed by atoms with Crippen LogP contribution in [0.5, 0.6) is 23.1 Å². The first-order valence-electron chi connectivity index (χ1n) is 9.81. The Hall–Kier alpha value is -4.74. The fourth-order valence-electron chi connectivity index (χ4n) is 3.15. The number of pyridine rings is 1. The van der Waals surface area contributed by atoms with Gasteiger partial charge in [0, 0.05) is 24.4 Å². The first kappa shape index (κ1) is 23.4. The zero-order valence-electron chi connectivity index (χ0n) is 18.1. The molecule has 1 amide bonds. The number of nitrogens with zero attached hydrogens (tertiary/aromatic N) is 3. The van der Waals surface area contributed by atoms with Crippen molar-refractivity contribution >= 4 is 28.3 Å². The van der Waals surface area contributed by atoms with Crippen molar-refractivity contribution in [2.24, 2.45) is 0 Å². The third-order valence-corrected chi connectivity index (χ3v) is 4.79. The number of anilines is 1. The Morgan fingerprint density at radius 2 is 1.60 bits per heavy atom. The van der Waals surface area contributed by atoms with Gasteiger partial charge in [-0.15, -0.1) is 0 Å². The van der Waals surface area contributed by atoms with E-state index in [1.165, 1.54) is 32.8 Å². The molecule has 0 unspecified atom stereocenters. The van der Waals surface area contributed by atoms with Gasteiger partial charge < -0.3 is 19.5 Å². The van der Waals surface area contributed by atoms with Crippen molar-refractivity contribution in [1.82, 2.24) is 15.0 Å². The predicted octanol–water partition coefficient (Wildman–Crippen LogP) is 4.07. The molecule has 35 heavy (non-hydrogen) atoms. The number of hydrogen-bond donors (Lipinski definition) is 1. The number of fused-ring (bicyclic) bond motifs is 1. The maximum atomic E-state index is 14.7. The number of ether oxygens (including phenoxy) is 3. The maximum absolute atomic E-state index is 14.7. The molecule has 0 saturated carbocycles. The highest BCUT2D eigenvalue weighted by atomic mass is 19.1. The normalized spacial score (nSPS) is 10.7. The van der Waals surface area contributed by atoms with Gasteiger partial charge in [0.05, 0.1) is 42.6 Å². The van der Waals surface area contributed by atoms with E-state index in [2.05, 4.69) is 15.0 Å². The molecule has 9 nitrogen and oxygen atoms in total. The molecule has 4 aromatic rings. The number of nitrogens with one attached hydrogen (secondary N) is 1. The summed E-state index contributed by atoms with van der Waals surface area (Å²) in [5.41, 5.74) is -1.11. The van der Waals surface area contributed by atoms with Crippen molar-refractivity contribution in [1.29, 1.82) is 0 Å². The fourth-order valence-corrected chi connectivity index (χ4v) is 3.15. The van der Waals surface area contributed by atoms with Crippen molar-refractivity contribution in [2.45, 2.75) is 0 Å². The summed E-state index contributed by atoms with van der Waals surface area (Å²) in [6.45, 7) is 0. The second kappa shape index (κ2) is 9.63. The molecule has 178 valence electrons. The first-order chi connectivity index (χ1) is 16.8. The summed E-state index contributed by atoms with van der Waals surface area (Å²) in [6.07, 6.45) is 3.14. The Bertz CT molecular complexity index is 1440. The smallest absolute Gasteiger partial charge is 0.297 e. The Morgan fingerprint density at radius 3 is 2.26 bits per heavy atom. The lowest BCUT2D eigenvalue weighted by atomic mass is 10.1. The van der Waals surface area contributed by atoms with Gasteiger partial charge in [-0.05, 0) is 12.1 Å². The molecule has 0 bridgehead atoms. The van der Waals surface area contributed by atoms with Gasteiger partial charge in [0.15, 0.2) is 17.3 Å². The van der Waals surface area contributed by atoms with Crippen molar-refractivity contribution in [3.05, 3.63) is 72.1 Å². The van der Waals surface area contributed by atoms with Crippen LogP contribution in [0.3, 0.4) is 0 Å². The Labute approximate surface area is 195 Å². The summed E-state index contributed by atoms with van der Waals surface area (Å²) in [5.74, 6) is -6.31. The van der Waals surface area contributed by atoms with Crippen LogP contribution in [0.2, 0.25) is 0 Å².